The first-order valence-electron chi connectivity index (χ1n) is 12.7. The van der Waals surface area contributed by atoms with Crippen molar-refractivity contribution in [3.63, 3.8) is 0 Å². The van der Waals surface area contributed by atoms with E-state index in [1.54, 1.807) is 22.9 Å². The predicted molar refractivity (Wildman–Crippen MR) is 151 cm³/mol. The minimum atomic E-state index is -1.07. The lowest BCUT2D eigenvalue weighted by atomic mass is 10.0. The van der Waals surface area contributed by atoms with Gasteiger partial charge < -0.3 is 15.7 Å². The number of hydrogen-bond donors (Lipinski definition) is 3. The molecule has 5 rings (SSSR count). The largest absolute Gasteiger partial charge is 0.481 e. The molecule has 1 unspecified atom stereocenters. The van der Waals surface area contributed by atoms with Crippen LogP contribution in [-0.4, -0.2) is 38.3 Å². The van der Waals surface area contributed by atoms with Crippen molar-refractivity contribution in [3.05, 3.63) is 99.3 Å². The normalized spacial score (nSPS) is 13.3. The molecule has 1 aliphatic heterocycles. The highest BCUT2D eigenvalue weighted by Gasteiger charge is 2.24. The van der Waals surface area contributed by atoms with Crippen LogP contribution in [0.4, 0.5) is 5.82 Å². The van der Waals surface area contributed by atoms with Gasteiger partial charge in [-0.1, -0.05) is 59.6 Å². The second-order valence-electron chi connectivity index (χ2n) is 9.41. The molecule has 3 heterocycles. The zero-order valence-electron chi connectivity index (χ0n) is 21.0. The van der Waals surface area contributed by atoms with Crippen LogP contribution in [0.25, 0.3) is 11.3 Å². The van der Waals surface area contributed by atoms with E-state index in [0.717, 1.165) is 36.5 Å². The molecule has 0 radical (unpaired) electrons. The third-order valence-corrected chi connectivity index (χ3v) is 7.07. The number of hydrogen-bond acceptors (Lipinski definition) is 5. The summed E-state index contributed by atoms with van der Waals surface area (Å²) in [5, 5.41) is 21.0. The Bertz CT molecular complexity index is 1490. The number of carbonyl (C=O) groups is 2. The van der Waals surface area contributed by atoms with Crippen molar-refractivity contribution in [2.45, 2.75) is 38.3 Å². The van der Waals surface area contributed by atoms with Crippen LogP contribution in [0.5, 0.6) is 0 Å². The number of carboxylic acids is 1. The van der Waals surface area contributed by atoms with Crippen LogP contribution in [0, 0.1) is 0 Å². The van der Waals surface area contributed by atoms with Gasteiger partial charge >= 0.3 is 5.97 Å². The summed E-state index contributed by atoms with van der Waals surface area (Å²) in [6.45, 7) is 1.43. The Morgan fingerprint density at radius 2 is 1.85 bits per heavy atom. The molecule has 1 aliphatic rings. The average molecular weight is 564 g/mol. The van der Waals surface area contributed by atoms with Gasteiger partial charge in [0.1, 0.15) is 5.82 Å². The van der Waals surface area contributed by atoms with E-state index in [9.17, 15) is 14.7 Å². The molecule has 0 spiro atoms. The quantitative estimate of drug-likeness (QED) is 0.237. The average Bonchev–Trinajstić information content (AvgIpc) is 3.35. The topological polar surface area (TPSA) is 109 Å². The standard InChI is InChI=1S/C29H27Cl2N5O3/c30-21-13-20(14-22(31)15-21)25(16-26(37)38)35-29(39)24-17-33-36(27(24)18-5-2-1-3-6-18)12-10-23-9-8-19-7-4-11-32-28(19)34-23/h1-3,5-6,8-9,13-15,17,25H,4,7,10-12,16H2,(H,32,34)(H,35,39)(H,37,38). The van der Waals surface area contributed by atoms with Crippen molar-refractivity contribution in [2.75, 3.05) is 11.9 Å². The molecule has 4 aromatic rings. The fourth-order valence-electron chi connectivity index (χ4n) is 4.79. The maximum Gasteiger partial charge on any atom is 0.305 e. The van der Waals surface area contributed by atoms with E-state index in [1.165, 1.54) is 11.8 Å². The van der Waals surface area contributed by atoms with E-state index >= 15 is 0 Å². The Labute approximate surface area is 236 Å². The predicted octanol–water partition coefficient (Wildman–Crippen LogP) is 5.80. The summed E-state index contributed by atoms with van der Waals surface area (Å²) in [7, 11) is 0. The number of carbonyl (C=O) groups excluding carboxylic acids is 1. The highest BCUT2D eigenvalue weighted by atomic mass is 35.5. The summed E-state index contributed by atoms with van der Waals surface area (Å²) in [6, 6.07) is 17.6. The van der Waals surface area contributed by atoms with Gasteiger partial charge in [0.25, 0.3) is 5.91 Å². The molecule has 1 amide bonds. The minimum Gasteiger partial charge on any atom is -0.481 e. The SMILES string of the molecule is O=C(O)CC(NC(=O)c1cnn(CCc2ccc3c(n2)NCCC3)c1-c1ccccc1)c1cc(Cl)cc(Cl)c1. The Hall–Kier alpha value is -3.88. The maximum absolute atomic E-state index is 13.6. The molecule has 2 aromatic heterocycles. The summed E-state index contributed by atoms with van der Waals surface area (Å²) in [5.41, 5.74) is 4.46. The third-order valence-electron chi connectivity index (χ3n) is 6.63. The van der Waals surface area contributed by atoms with Gasteiger partial charge in [-0.25, -0.2) is 4.98 Å². The molecule has 0 fully saturated rings. The molecule has 10 heteroatoms. The highest BCUT2D eigenvalue weighted by molar-refractivity contribution is 6.34. The molecule has 1 atom stereocenters. The first kappa shape index (κ1) is 26.7. The van der Waals surface area contributed by atoms with Gasteiger partial charge in [0.2, 0.25) is 0 Å². The number of nitrogens with zero attached hydrogens (tertiary/aromatic N) is 3. The summed E-state index contributed by atoms with van der Waals surface area (Å²) < 4.78 is 1.79. The number of halogens is 2. The summed E-state index contributed by atoms with van der Waals surface area (Å²) in [6.07, 6.45) is 3.93. The maximum atomic E-state index is 13.6. The molecule has 3 N–H and O–H groups in total. The van der Waals surface area contributed by atoms with Gasteiger partial charge in [0, 0.05) is 40.8 Å². The summed E-state index contributed by atoms with van der Waals surface area (Å²) >= 11 is 12.3. The minimum absolute atomic E-state index is 0.338. The summed E-state index contributed by atoms with van der Waals surface area (Å²) in [4.78, 5) is 30.0. The Kier molecular flexibility index (Phi) is 8.14. The number of aromatic nitrogens is 3. The lowest BCUT2D eigenvalue weighted by Gasteiger charge is -2.19. The summed E-state index contributed by atoms with van der Waals surface area (Å²) in [5.74, 6) is -0.575. The first-order valence-corrected chi connectivity index (χ1v) is 13.5. The molecule has 0 saturated heterocycles. The van der Waals surface area contributed by atoms with Gasteiger partial charge in [-0.3, -0.25) is 14.3 Å². The number of rotatable bonds is 9. The molecule has 200 valence electrons. The number of amides is 1. The van der Waals surface area contributed by atoms with Crippen LogP contribution < -0.4 is 10.6 Å². The smallest absolute Gasteiger partial charge is 0.305 e. The van der Waals surface area contributed by atoms with E-state index in [1.807, 2.05) is 36.4 Å². The number of nitrogens with one attached hydrogen (secondary N) is 2. The molecule has 39 heavy (non-hydrogen) atoms. The van der Waals surface area contributed by atoms with Crippen molar-refractivity contribution >= 4 is 40.9 Å². The number of benzene rings is 2. The first-order chi connectivity index (χ1) is 18.9. The molecule has 0 saturated carbocycles. The fraction of sp³-hybridized carbons (Fsp3) is 0.241. The van der Waals surface area contributed by atoms with E-state index in [0.29, 0.717) is 39.8 Å². The Balaban J connectivity index is 1.43. The fourth-order valence-corrected chi connectivity index (χ4v) is 5.33. The van der Waals surface area contributed by atoms with Gasteiger partial charge in [-0.2, -0.15) is 5.10 Å². The monoisotopic (exact) mass is 563 g/mol. The van der Waals surface area contributed by atoms with Crippen molar-refractivity contribution in [1.29, 1.82) is 0 Å². The molecular formula is C29H27Cl2N5O3. The van der Waals surface area contributed by atoms with Crippen molar-refractivity contribution in [1.82, 2.24) is 20.1 Å². The van der Waals surface area contributed by atoms with E-state index in [2.05, 4.69) is 21.8 Å². The number of aryl methyl sites for hydroxylation is 3. The Morgan fingerprint density at radius 3 is 2.59 bits per heavy atom. The number of anilines is 1. The zero-order valence-corrected chi connectivity index (χ0v) is 22.5. The highest BCUT2D eigenvalue weighted by Crippen LogP contribution is 2.28. The zero-order chi connectivity index (χ0) is 27.4. The van der Waals surface area contributed by atoms with Crippen molar-refractivity contribution in [2.24, 2.45) is 0 Å². The van der Waals surface area contributed by atoms with Crippen LogP contribution in [-0.2, 0) is 24.2 Å². The lowest BCUT2D eigenvalue weighted by molar-refractivity contribution is -0.137. The molecule has 0 bridgehead atoms. The van der Waals surface area contributed by atoms with E-state index in [-0.39, 0.29) is 6.42 Å². The van der Waals surface area contributed by atoms with Gasteiger partial charge in [0.15, 0.2) is 0 Å². The number of aliphatic carboxylic acids is 1. The van der Waals surface area contributed by atoms with E-state index < -0.39 is 17.9 Å². The van der Waals surface area contributed by atoms with Crippen LogP contribution in [0.1, 0.15) is 46.1 Å². The van der Waals surface area contributed by atoms with Crippen molar-refractivity contribution in [3.8, 4) is 11.3 Å². The lowest BCUT2D eigenvalue weighted by Crippen LogP contribution is -2.30. The third kappa shape index (κ3) is 6.41. The van der Waals surface area contributed by atoms with Crippen LogP contribution in [0.15, 0.2) is 66.9 Å². The molecule has 0 aliphatic carbocycles. The van der Waals surface area contributed by atoms with Gasteiger partial charge in [-0.15, -0.1) is 0 Å². The molecular weight excluding hydrogens is 537 g/mol. The number of fused-ring (bicyclic) bond motifs is 1. The Morgan fingerprint density at radius 1 is 1.08 bits per heavy atom. The number of pyridine rings is 1. The molecule has 8 nitrogen and oxygen atoms in total. The number of carboxylic acid groups (broad SMARTS) is 1. The van der Waals surface area contributed by atoms with Gasteiger partial charge in [-0.05, 0) is 48.2 Å². The second kappa shape index (κ2) is 11.9. The van der Waals surface area contributed by atoms with E-state index in [4.69, 9.17) is 28.2 Å². The van der Waals surface area contributed by atoms with Crippen LogP contribution in [0.2, 0.25) is 10.0 Å². The second-order valence-corrected chi connectivity index (χ2v) is 10.3. The van der Waals surface area contributed by atoms with Crippen LogP contribution in [0.3, 0.4) is 0 Å². The van der Waals surface area contributed by atoms with Gasteiger partial charge in [0.05, 0.1) is 29.9 Å². The van der Waals surface area contributed by atoms with Crippen LogP contribution >= 0.6 is 23.2 Å². The molecule has 2 aromatic carbocycles. The van der Waals surface area contributed by atoms with Crippen molar-refractivity contribution < 1.29 is 14.7 Å².